The molecule has 0 saturated heterocycles. The SMILES string of the molecule is Cn1ncc2c1CN(C(=O)Cc1ccccn1)C[C@H]2COCC1CC1. The molecule has 1 amide bonds. The van der Waals surface area contributed by atoms with Gasteiger partial charge in [-0.05, 0) is 30.9 Å². The van der Waals surface area contributed by atoms with E-state index in [4.69, 9.17) is 4.74 Å². The molecule has 2 aromatic rings. The summed E-state index contributed by atoms with van der Waals surface area (Å²) in [6.07, 6.45) is 6.58. The fourth-order valence-electron chi connectivity index (χ4n) is 3.39. The van der Waals surface area contributed by atoms with E-state index in [0.717, 1.165) is 23.9 Å². The molecule has 1 atom stereocenters. The second-order valence-corrected chi connectivity index (χ2v) is 7.12. The fourth-order valence-corrected chi connectivity index (χ4v) is 3.39. The van der Waals surface area contributed by atoms with Crippen LogP contribution in [0.2, 0.25) is 0 Å². The molecule has 6 heteroatoms. The smallest absolute Gasteiger partial charge is 0.228 e. The van der Waals surface area contributed by atoms with Gasteiger partial charge >= 0.3 is 0 Å². The normalized spacial score (nSPS) is 19.7. The molecule has 0 radical (unpaired) electrons. The predicted octanol–water partition coefficient (Wildman–Crippen LogP) is 1.91. The van der Waals surface area contributed by atoms with Gasteiger partial charge in [0.25, 0.3) is 0 Å². The summed E-state index contributed by atoms with van der Waals surface area (Å²) in [4.78, 5) is 19.0. The summed E-state index contributed by atoms with van der Waals surface area (Å²) in [5.41, 5.74) is 3.14. The molecule has 132 valence electrons. The largest absolute Gasteiger partial charge is 0.380 e. The molecule has 2 aromatic heterocycles. The Bertz CT molecular complexity index is 739. The van der Waals surface area contributed by atoms with Crippen LogP contribution in [0.4, 0.5) is 0 Å². The molecule has 1 fully saturated rings. The van der Waals surface area contributed by atoms with Gasteiger partial charge in [-0.1, -0.05) is 6.07 Å². The molecule has 1 saturated carbocycles. The predicted molar refractivity (Wildman–Crippen MR) is 92.9 cm³/mol. The molecule has 4 rings (SSSR count). The lowest BCUT2D eigenvalue weighted by molar-refractivity contribution is -0.132. The molecule has 1 aliphatic heterocycles. The molecule has 1 aliphatic carbocycles. The van der Waals surface area contributed by atoms with Crippen molar-refractivity contribution in [2.24, 2.45) is 13.0 Å². The molecule has 6 nitrogen and oxygen atoms in total. The average Bonchev–Trinajstić information content (AvgIpc) is 3.37. The lowest BCUT2D eigenvalue weighted by Gasteiger charge is -2.33. The second kappa shape index (κ2) is 6.96. The Hall–Kier alpha value is -2.21. The monoisotopic (exact) mass is 340 g/mol. The highest BCUT2D eigenvalue weighted by atomic mass is 16.5. The number of hydrogen-bond acceptors (Lipinski definition) is 4. The van der Waals surface area contributed by atoms with E-state index in [1.54, 1.807) is 6.20 Å². The number of carbonyl (C=O) groups excluding carboxylic acids is 1. The van der Waals surface area contributed by atoms with Crippen molar-refractivity contribution in [2.75, 3.05) is 19.8 Å². The van der Waals surface area contributed by atoms with Crippen LogP contribution < -0.4 is 0 Å². The van der Waals surface area contributed by atoms with E-state index < -0.39 is 0 Å². The number of hydrogen-bond donors (Lipinski definition) is 0. The highest BCUT2D eigenvalue weighted by Gasteiger charge is 2.31. The fraction of sp³-hybridized carbons (Fsp3) is 0.526. The Morgan fingerprint density at radius 1 is 1.32 bits per heavy atom. The van der Waals surface area contributed by atoms with Crippen molar-refractivity contribution >= 4 is 5.91 Å². The lowest BCUT2D eigenvalue weighted by atomic mass is 9.95. The van der Waals surface area contributed by atoms with E-state index in [-0.39, 0.29) is 11.8 Å². The number of nitrogens with zero attached hydrogens (tertiary/aromatic N) is 4. The highest BCUT2D eigenvalue weighted by molar-refractivity contribution is 5.78. The summed E-state index contributed by atoms with van der Waals surface area (Å²) in [5, 5.41) is 4.39. The van der Waals surface area contributed by atoms with Crippen LogP contribution in [-0.2, 0) is 29.5 Å². The Morgan fingerprint density at radius 2 is 2.20 bits per heavy atom. The molecule has 3 heterocycles. The van der Waals surface area contributed by atoms with Gasteiger partial charge in [0, 0.05) is 43.6 Å². The quantitative estimate of drug-likeness (QED) is 0.806. The molecule has 0 unspecified atom stereocenters. The van der Waals surface area contributed by atoms with Gasteiger partial charge in [-0.3, -0.25) is 14.5 Å². The number of amides is 1. The van der Waals surface area contributed by atoms with Crippen LogP contribution in [0, 0.1) is 5.92 Å². The maximum absolute atomic E-state index is 12.8. The first-order chi connectivity index (χ1) is 12.2. The van der Waals surface area contributed by atoms with Crippen molar-refractivity contribution in [3.63, 3.8) is 0 Å². The topological polar surface area (TPSA) is 60.2 Å². The van der Waals surface area contributed by atoms with Crippen LogP contribution in [0.25, 0.3) is 0 Å². The van der Waals surface area contributed by atoms with Gasteiger partial charge in [-0.25, -0.2) is 0 Å². The molecule has 2 aliphatic rings. The van der Waals surface area contributed by atoms with E-state index in [1.807, 2.05) is 41.0 Å². The summed E-state index contributed by atoms with van der Waals surface area (Å²) in [5.74, 6) is 1.06. The van der Waals surface area contributed by atoms with E-state index in [2.05, 4.69) is 10.1 Å². The van der Waals surface area contributed by atoms with E-state index in [0.29, 0.717) is 26.1 Å². The van der Waals surface area contributed by atoms with E-state index >= 15 is 0 Å². The minimum absolute atomic E-state index is 0.109. The first kappa shape index (κ1) is 16.3. The summed E-state index contributed by atoms with van der Waals surface area (Å²) < 4.78 is 7.80. The highest BCUT2D eigenvalue weighted by Crippen LogP contribution is 2.31. The maximum Gasteiger partial charge on any atom is 0.228 e. The minimum atomic E-state index is 0.109. The van der Waals surface area contributed by atoms with Crippen LogP contribution >= 0.6 is 0 Å². The number of ether oxygens (including phenoxy) is 1. The van der Waals surface area contributed by atoms with Crippen LogP contribution in [-0.4, -0.2) is 45.3 Å². The summed E-state index contributed by atoms with van der Waals surface area (Å²) in [6.45, 7) is 2.79. The average molecular weight is 340 g/mol. The maximum atomic E-state index is 12.8. The molecule has 0 bridgehead atoms. The van der Waals surface area contributed by atoms with Crippen LogP contribution in [0.1, 0.15) is 35.7 Å². The van der Waals surface area contributed by atoms with E-state index in [9.17, 15) is 4.79 Å². The number of rotatable bonds is 6. The van der Waals surface area contributed by atoms with Crippen molar-refractivity contribution < 1.29 is 9.53 Å². The van der Waals surface area contributed by atoms with Gasteiger partial charge in [0.15, 0.2) is 0 Å². The van der Waals surface area contributed by atoms with Gasteiger partial charge < -0.3 is 9.64 Å². The number of aromatic nitrogens is 3. The minimum Gasteiger partial charge on any atom is -0.380 e. The van der Waals surface area contributed by atoms with Crippen molar-refractivity contribution in [1.29, 1.82) is 0 Å². The number of carbonyl (C=O) groups is 1. The molecule has 0 N–H and O–H groups in total. The van der Waals surface area contributed by atoms with Gasteiger partial charge in [-0.15, -0.1) is 0 Å². The van der Waals surface area contributed by atoms with Crippen molar-refractivity contribution in [3.05, 3.63) is 47.5 Å². The third kappa shape index (κ3) is 3.74. The lowest BCUT2D eigenvalue weighted by Crippen LogP contribution is -2.40. The van der Waals surface area contributed by atoms with Crippen molar-refractivity contribution in [1.82, 2.24) is 19.7 Å². The molecule has 0 spiro atoms. The zero-order valence-electron chi connectivity index (χ0n) is 14.6. The van der Waals surface area contributed by atoms with Gasteiger partial charge in [-0.2, -0.15) is 5.10 Å². The Labute approximate surface area is 147 Å². The first-order valence-electron chi connectivity index (χ1n) is 8.97. The van der Waals surface area contributed by atoms with Gasteiger partial charge in [0.05, 0.1) is 31.5 Å². The number of aryl methyl sites for hydroxylation is 1. The van der Waals surface area contributed by atoms with Crippen molar-refractivity contribution in [2.45, 2.75) is 31.7 Å². The first-order valence-corrected chi connectivity index (χ1v) is 8.97. The van der Waals surface area contributed by atoms with Gasteiger partial charge in [0.1, 0.15) is 0 Å². The van der Waals surface area contributed by atoms with Crippen molar-refractivity contribution in [3.8, 4) is 0 Å². The molecular formula is C19H24N4O2. The van der Waals surface area contributed by atoms with Crippen LogP contribution in [0.5, 0.6) is 0 Å². The number of pyridine rings is 1. The molecule has 25 heavy (non-hydrogen) atoms. The Balaban J connectivity index is 1.45. The third-order valence-corrected chi connectivity index (χ3v) is 5.10. The Kier molecular flexibility index (Phi) is 4.53. The molecular weight excluding hydrogens is 316 g/mol. The summed E-state index contributed by atoms with van der Waals surface area (Å²) in [7, 11) is 1.94. The summed E-state index contributed by atoms with van der Waals surface area (Å²) >= 11 is 0. The standard InChI is InChI=1S/C19H24N4O2/c1-22-18-11-23(19(24)8-16-4-2-3-7-20-16)10-15(17(18)9-21-22)13-25-12-14-5-6-14/h2-4,7,9,14-15H,5-6,8,10-13H2,1H3/t15-/m0/s1. The van der Waals surface area contributed by atoms with Crippen LogP contribution in [0.3, 0.4) is 0 Å². The van der Waals surface area contributed by atoms with E-state index in [1.165, 1.54) is 18.4 Å². The molecule has 0 aromatic carbocycles. The third-order valence-electron chi connectivity index (χ3n) is 5.10. The second-order valence-electron chi connectivity index (χ2n) is 7.12. The Morgan fingerprint density at radius 3 is 2.96 bits per heavy atom. The zero-order valence-corrected chi connectivity index (χ0v) is 14.6. The zero-order chi connectivity index (χ0) is 17.2. The summed E-state index contributed by atoms with van der Waals surface area (Å²) in [6, 6.07) is 5.68. The number of fused-ring (bicyclic) bond motifs is 1. The van der Waals surface area contributed by atoms with Gasteiger partial charge in [0.2, 0.25) is 5.91 Å². The van der Waals surface area contributed by atoms with Crippen LogP contribution in [0.15, 0.2) is 30.6 Å².